The zero-order valence-electron chi connectivity index (χ0n) is 22.8. The van der Waals surface area contributed by atoms with Crippen LogP contribution in [-0.4, -0.2) is 66.5 Å². The van der Waals surface area contributed by atoms with E-state index in [2.05, 4.69) is 9.98 Å². The highest BCUT2D eigenvalue weighted by molar-refractivity contribution is 7.91. The monoisotopic (exact) mass is 604 g/mol. The summed E-state index contributed by atoms with van der Waals surface area (Å²) >= 11 is 0. The molecule has 8 nitrogen and oxygen atoms in total. The molecule has 1 aromatic heterocycles. The summed E-state index contributed by atoms with van der Waals surface area (Å²) in [5, 5.41) is 0. The molecule has 0 spiro atoms. The van der Waals surface area contributed by atoms with Gasteiger partial charge in [0.05, 0.1) is 35.4 Å². The van der Waals surface area contributed by atoms with Gasteiger partial charge in [0.2, 0.25) is 5.91 Å². The van der Waals surface area contributed by atoms with Crippen LogP contribution in [0.2, 0.25) is 0 Å². The summed E-state index contributed by atoms with van der Waals surface area (Å²) in [7, 11) is -3.56. The van der Waals surface area contributed by atoms with Gasteiger partial charge in [-0.15, -0.1) is 0 Å². The fourth-order valence-electron chi connectivity index (χ4n) is 4.66. The van der Waals surface area contributed by atoms with Crippen LogP contribution in [0.1, 0.15) is 35.3 Å². The number of sulfone groups is 1. The number of pyridine rings is 1. The maximum Gasteiger partial charge on any atom is 0.419 e. The van der Waals surface area contributed by atoms with Gasteiger partial charge >= 0.3 is 6.18 Å². The lowest BCUT2D eigenvalue weighted by molar-refractivity contribution is -0.140. The van der Waals surface area contributed by atoms with Gasteiger partial charge in [-0.1, -0.05) is 31.2 Å². The molecule has 2 heterocycles. The number of hydrogen-bond donors (Lipinski definition) is 0. The second-order valence-electron chi connectivity index (χ2n) is 9.71. The first-order chi connectivity index (χ1) is 19.8. The SMILES string of the molecule is CCS(=O)(=O)CCN(C(=O)Cc1ccc(F)c(C(F)(F)F)c1)C(C)C1C=Nc2ncccc2C(=O)N1c1ccccc1. The molecule has 0 aliphatic carbocycles. The van der Waals surface area contributed by atoms with Gasteiger partial charge in [-0.2, -0.15) is 13.2 Å². The van der Waals surface area contributed by atoms with Gasteiger partial charge in [-0.05, 0) is 48.9 Å². The number of nitrogens with zero attached hydrogens (tertiary/aromatic N) is 4. The molecule has 0 fully saturated rings. The van der Waals surface area contributed by atoms with E-state index in [1.165, 1.54) is 29.1 Å². The molecule has 0 saturated carbocycles. The average Bonchev–Trinajstić information content (AvgIpc) is 3.10. The Kier molecular flexibility index (Phi) is 9.09. The topological polar surface area (TPSA) is 100 Å². The van der Waals surface area contributed by atoms with Crippen molar-refractivity contribution in [2.24, 2.45) is 4.99 Å². The van der Waals surface area contributed by atoms with Crippen LogP contribution >= 0.6 is 0 Å². The highest BCUT2D eigenvalue weighted by Gasteiger charge is 2.38. The van der Waals surface area contributed by atoms with Crippen LogP contribution in [0.4, 0.5) is 29.1 Å². The average molecular weight is 605 g/mol. The number of anilines is 1. The van der Waals surface area contributed by atoms with Crippen LogP contribution in [0.5, 0.6) is 0 Å². The number of alkyl halides is 3. The number of rotatable bonds is 9. The van der Waals surface area contributed by atoms with Gasteiger partial charge < -0.3 is 4.90 Å². The van der Waals surface area contributed by atoms with Crippen molar-refractivity contribution in [3.63, 3.8) is 0 Å². The van der Waals surface area contributed by atoms with E-state index in [9.17, 15) is 35.6 Å². The standard InChI is InChI=1S/C29H28F4N4O4S/c1-3-42(40,41)15-14-36(26(38)17-20-11-12-24(30)23(16-20)29(31,32)33)19(2)25-18-35-27-22(10-7-13-34-27)28(39)37(25)21-8-5-4-6-9-21/h4-13,16,18-19,25H,3,14-15,17H2,1-2H3. The normalized spacial score (nSPS) is 16.1. The second-order valence-corrected chi connectivity index (χ2v) is 12.2. The predicted molar refractivity (Wildman–Crippen MR) is 150 cm³/mol. The van der Waals surface area contributed by atoms with E-state index in [-0.39, 0.29) is 29.2 Å². The van der Waals surface area contributed by atoms with Crippen molar-refractivity contribution in [2.75, 3.05) is 23.0 Å². The molecule has 4 rings (SSSR count). The summed E-state index contributed by atoms with van der Waals surface area (Å²) in [4.78, 5) is 38.7. The number of amides is 2. The van der Waals surface area contributed by atoms with Crippen LogP contribution < -0.4 is 4.90 Å². The van der Waals surface area contributed by atoms with Crippen molar-refractivity contribution in [1.29, 1.82) is 0 Å². The summed E-state index contributed by atoms with van der Waals surface area (Å²) in [6, 6.07) is 12.2. The summed E-state index contributed by atoms with van der Waals surface area (Å²) in [6.07, 6.45) is -2.61. The number of aromatic nitrogens is 1. The summed E-state index contributed by atoms with van der Waals surface area (Å²) < 4.78 is 78.7. The summed E-state index contributed by atoms with van der Waals surface area (Å²) in [6.45, 7) is 2.77. The van der Waals surface area contributed by atoms with Crippen LogP contribution in [0.15, 0.2) is 71.9 Å². The van der Waals surface area contributed by atoms with Crippen molar-refractivity contribution >= 4 is 39.4 Å². The van der Waals surface area contributed by atoms with Gasteiger partial charge in [-0.25, -0.2) is 22.8 Å². The van der Waals surface area contributed by atoms with E-state index in [1.54, 1.807) is 49.4 Å². The number of fused-ring (bicyclic) bond motifs is 1. The highest BCUT2D eigenvalue weighted by atomic mass is 32.2. The Morgan fingerprint density at radius 2 is 1.81 bits per heavy atom. The van der Waals surface area contributed by atoms with Gasteiger partial charge in [0.25, 0.3) is 5.91 Å². The van der Waals surface area contributed by atoms with Gasteiger partial charge in [0, 0.05) is 30.4 Å². The van der Waals surface area contributed by atoms with E-state index >= 15 is 0 Å². The molecule has 2 atom stereocenters. The number of aliphatic imine (C=N–C) groups is 1. The lowest BCUT2D eigenvalue weighted by atomic mass is 10.0. The third-order valence-corrected chi connectivity index (χ3v) is 8.68. The second kappa shape index (κ2) is 12.4. The highest BCUT2D eigenvalue weighted by Crippen LogP contribution is 2.33. The predicted octanol–water partition coefficient (Wildman–Crippen LogP) is 4.87. The molecule has 0 radical (unpaired) electrons. The lowest BCUT2D eigenvalue weighted by Gasteiger charge is -2.38. The maximum atomic E-state index is 13.9. The number of carbonyl (C=O) groups is 2. The Hall–Kier alpha value is -4.13. The first kappa shape index (κ1) is 30.8. The van der Waals surface area contributed by atoms with E-state index in [0.717, 1.165) is 6.07 Å². The molecule has 0 bridgehead atoms. The largest absolute Gasteiger partial charge is 0.419 e. The van der Waals surface area contributed by atoms with E-state index in [4.69, 9.17) is 0 Å². The molecular formula is C29H28F4N4O4S. The van der Waals surface area contributed by atoms with E-state index in [1.807, 2.05) is 0 Å². The molecule has 1 aliphatic heterocycles. The Morgan fingerprint density at radius 1 is 1.10 bits per heavy atom. The molecule has 2 aromatic carbocycles. The Morgan fingerprint density at radius 3 is 2.48 bits per heavy atom. The van der Waals surface area contributed by atoms with Crippen molar-refractivity contribution in [3.8, 4) is 0 Å². The minimum atomic E-state index is -4.97. The number of benzene rings is 2. The van der Waals surface area contributed by atoms with Gasteiger partial charge in [0.1, 0.15) is 5.82 Å². The number of carbonyl (C=O) groups excluding carboxylic acids is 2. The first-order valence-electron chi connectivity index (χ1n) is 13.1. The third kappa shape index (κ3) is 6.84. The minimum absolute atomic E-state index is 0.105. The van der Waals surface area contributed by atoms with E-state index < -0.39 is 63.5 Å². The zero-order valence-corrected chi connectivity index (χ0v) is 23.6. The van der Waals surface area contributed by atoms with Crippen molar-refractivity contribution in [3.05, 3.63) is 89.4 Å². The zero-order chi connectivity index (χ0) is 30.7. The fourth-order valence-corrected chi connectivity index (χ4v) is 5.42. The summed E-state index contributed by atoms with van der Waals surface area (Å²) in [5.41, 5.74) is -0.927. The Labute approximate surface area is 240 Å². The minimum Gasteiger partial charge on any atom is -0.336 e. The molecule has 3 aromatic rings. The molecule has 2 unspecified atom stereocenters. The molecule has 42 heavy (non-hydrogen) atoms. The van der Waals surface area contributed by atoms with Crippen LogP contribution in [0.25, 0.3) is 0 Å². The number of para-hydroxylation sites is 1. The van der Waals surface area contributed by atoms with Gasteiger partial charge in [-0.3, -0.25) is 14.5 Å². The van der Waals surface area contributed by atoms with Crippen LogP contribution in [-0.2, 0) is 27.2 Å². The summed E-state index contributed by atoms with van der Waals surface area (Å²) in [5.74, 6) is -3.07. The van der Waals surface area contributed by atoms with E-state index in [0.29, 0.717) is 17.8 Å². The smallest absolute Gasteiger partial charge is 0.336 e. The Bertz CT molecular complexity index is 1600. The molecule has 1 aliphatic rings. The number of halogens is 4. The van der Waals surface area contributed by atoms with Crippen molar-refractivity contribution < 1.29 is 35.6 Å². The fraction of sp³-hybridized carbons (Fsp3) is 0.310. The third-order valence-electron chi connectivity index (χ3n) is 7.00. The maximum absolute atomic E-state index is 13.9. The quantitative estimate of drug-likeness (QED) is 0.325. The Balaban J connectivity index is 1.75. The first-order valence-corrected chi connectivity index (χ1v) is 14.9. The van der Waals surface area contributed by atoms with Crippen LogP contribution in [0.3, 0.4) is 0 Å². The molecule has 2 amide bonds. The molecular weight excluding hydrogens is 576 g/mol. The van der Waals surface area contributed by atoms with Crippen LogP contribution in [0, 0.1) is 5.82 Å². The van der Waals surface area contributed by atoms with Crippen molar-refractivity contribution in [1.82, 2.24) is 9.88 Å². The number of hydrogen-bond acceptors (Lipinski definition) is 6. The van der Waals surface area contributed by atoms with Gasteiger partial charge in [0.15, 0.2) is 15.7 Å². The molecule has 0 N–H and O–H groups in total. The van der Waals surface area contributed by atoms with Crippen molar-refractivity contribution in [2.45, 2.75) is 38.5 Å². The lowest BCUT2D eigenvalue weighted by Crippen LogP contribution is -2.56. The molecule has 0 saturated heterocycles. The molecule has 13 heteroatoms. The molecule has 222 valence electrons.